The van der Waals surface area contributed by atoms with Gasteiger partial charge in [0.1, 0.15) is 16.5 Å². The molecule has 0 atom stereocenters. The number of ether oxygens (including phenoxy) is 1. The van der Waals surface area contributed by atoms with Gasteiger partial charge in [0, 0.05) is 32.4 Å². The molecule has 0 fully saturated rings. The maximum Gasteiger partial charge on any atom is 0.263 e. The molecular formula is C22H23ClN4O4S. The number of carbonyl (C=O) groups is 1. The van der Waals surface area contributed by atoms with Crippen molar-refractivity contribution in [1.82, 2.24) is 10.3 Å². The number of sulfonamides is 1. The Bertz CT molecular complexity index is 1210. The van der Waals surface area contributed by atoms with Crippen molar-refractivity contribution in [2.45, 2.75) is 11.4 Å². The van der Waals surface area contributed by atoms with E-state index in [1.165, 1.54) is 25.3 Å². The number of anilines is 2. The number of amides is 1. The number of pyridine rings is 1. The number of benzene rings is 2. The van der Waals surface area contributed by atoms with E-state index in [9.17, 15) is 13.2 Å². The molecule has 0 saturated carbocycles. The maximum atomic E-state index is 12.9. The van der Waals surface area contributed by atoms with E-state index < -0.39 is 15.9 Å². The number of methoxy groups -OCH3 is 1. The summed E-state index contributed by atoms with van der Waals surface area (Å²) in [6, 6.07) is 14.4. The van der Waals surface area contributed by atoms with Crippen molar-refractivity contribution in [3.05, 3.63) is 76.9 Å². The molecule has 0 aliphatic carbocycles. The van der Waals surface area contributed by atoms with Gasteiger partial charge < -0.3 is 15.0 Å². The van der Waals surface area contributed by atoms with Gasteiger partial charge >= 0.3 is 0 Å². The van der Waals surface area contributed by atoms with Crippen molar-refractivity contribution >= 4 is 39.0 Å². The van der Waals surface area contributed by atoms with Crippen LogP contribution in [0, 0.1) is 0 Å². The molecule has 168 valence electrons. The Morgan fingerprint density at radius 1 is 1.12 bits per heavy atom. The highest BCUT2D eigenvalue weighted by Gasteiger charge is 2.21. The lowest BCUT2D eigenvalue weighted by Gasteiger charge is -2.14. The quantitative estimate of drug-likeness (QED) is 0.518. The smallest absolute Gasteiger partial charge is 0.263 e. The van der Waals surface area contributed by atoms with Gasteiger partial charge in [0.15, 0.2) is 0 Å². The summed E-state index contributed by atoms with van der Waals surface area (Å²) in [5, 5.41) is 2.75. The fourth-order valence-electron chi connectivity index (χ4n) is 2.85. The second-order valence-electron chi connectivity index (χ2n) is 7.05. The normalized spacial score (nSPS) is 11.0. The van der Waals surface area contributed by atoms with Crippen LogP contribution in [0.1, 0.15) is 15.9 Å². The molecule has 10 heteroatoms. The van der Waals surface area contributed by atoms with Crippen LogP contribution in [0.25, 0.3) is 0 Å². The van der Waals surface area contributed by atoms with Crippen molar-refractivity contribution < 1.29 is 17.9 Å². The Labute approximate surface area is 192 Å². The predicted octanol–water partition coefficient (Wildman–Crippen LogP) is 3.54. The molecular weight excluding hydrogens is 452 g/mol. The molecule has 3 rings (SSSR count). The third-order valence-corrected chi connectivity index (χ3v) is 6.40. The predicted molar refractivity (Wildman–Crippen MR) is 125 cm³/mol. The lowest BCUT2D eigenvalue weighted by molar-refractivity contribution is 0.0950. The van der Waals surface area contributed by atoms with E-state index in [0.29, 0.717) is 5.75 Å². The standard InChI is InChI=1S/C22H23ClN4O4S/c1-27(2)21-11-8-15(13-24-21)14-25-22(28)16-9-10-17(23)20(12-16)32(29,30)26-18-6-4-5-7-19(18)31-3/h4-13,26H,14H2,1-3H3,(H,25,28). The van der Waals surface area contributed by atoms with Crippen LogP contribution >= 0.6 is 11.6 Å². The molecule has 32 heavy (non-hydrogen) atoms. The molecule has 0 spiro atoms. The van der Waals surface area contributed by atoms with E-state index in [2.05, 4.69) is 15.0 Å². The number of halogens is 1. The molecule has 0 unspecified atom stereocenters. The third-order valence-electron chi connectivity index (χ3n) is 4.55. The van der Waals surface area contributed by atoms with Gasteiger partial charge in [-0.2, -0.15) is 0 Å². The molecule has 3 aromatic rings. The van der Waals surface area contributed by atoms with Crippen LogP contribution < -0.4 is 19.7 Å². The Morgan fingerprint density at radius 2 is 1.88 bits per heavy atom. The first-order chi connectivity index (χ1) is 15.2. The number of nitrogens with zero attached hydrogens (tertiary/aromatic N) is 2. The van der Waals surface area contributed by atoms with E-state index in [1.54, 1.807) is 30.5 Å². The fraction of sp³-hybridized carbons (Fsp3) is 0.182. The van der Waals surface area contributed by atoms with Crippen LogP contribution in [0.4, 0.5) is 11.5 Å². The van der Waals surface area contributed by atoms with Gasteiger partial charge in [0.2, 0.25) is 0 Å². The molecule has 0 bridgehead atoms. The minimum atomic E-state index is -4.07. The first kappa shape index (κ1) is 23.4. The third kappa shape index (κ3) is 5.49. The highest BCUT2D eigenvalue weighted by molar-refractivity contribution is 7.92. The number of rotatable bonds is 8. The number of carbonyl (C=O) groups excluding carboxylic acids is 1. The molecule has 0 saturated heterocycles. The SMILES string of the molecule is COc1ccccc1NS(=O)(=O)c1cc(C(=O)NCc2ccc(N(C)C)nc2)ccc1Cl. The molecule has 0 aliphatic heterocycles. The van der Waals surface area contributed by atoms with Gasteiger partial charge in [-0.25, -0.2) is 13.4 Å². The second kappa shape index (κ2) is 9.88. The van der Waals surface area contributed by atoms with Crippen LogP contribution in [-0.4, -0.2) is 40.5 Å². The summed E-state index contributed by atoms with van der Waals surface area (Å²) in [4.78, 5) is 18.6. The van der Waals surface area contributed by atoms with Crippen LogP contribution in [0.15, 0.2) is 65.7 Å². The summed E-state index contributed by atoms with van der Waals surface area (Å²) in [5.41, 5.74) is 1.23. The maximum absolute atomic E-state index is 12.9. The van der Waals surface area contributed by atoms with E-state index >= 15 is 0 Å². The molecule has 1 aromatic heterocycles. The van der Waals surface area contributed by atoms with Crippen LogP contribution in [0.5, 0.6) is 5.75 Å². The van der Waals surface area contributed by atoms with Gasteiger partial charge in [-0.1, -0.05) is 29.8 Å². The van der Waals surface area contributed by atoms with E-state index in [1.807, 2.05) is 31.1 Å². The molecule has 1 amide bonds. The number of hydrogen-bond acceptors (Lipinski definition) is 6. The minimum Gasteiger partial charge on any atom is -0.495 e. The molecule has 8 nitrogen and oxygen atoms in total. The Kier molecular flexibility index (Phi) is 7.22. The zero-order valence-corrected chi connectivity index (χ0v) is 19.4. The van der Waals surface area contributed by atoms with Crippen molar-refractivity contribution in [2.75, 3.05) is 30.8 Å². The van der Waals surface area contributed by atoms with Gasteiger partial charge in [-0.3, -0.25) is 9.52 Å². The average Bonchev–Trinajstić information content (AvgIpc) is 2.78. The lowest BCUT2D eigenvalue weighted by Crippen LogP contribution is -2.23. The zero-order chi connectivity index (χ0) is 23.3. The highest BCUT2D eigenvalue weighted by atomic mass is 35.5. The minimum absolute atomic E-state index is 0.00702. The summed E-state index contributed by atoms with van der Waals surface area (Å²) in [6.07, 6.45) is 1.67. The Hall–Kier alpha value is -3.30. The number of nitrogens with one attached hydrogen (secondary N) is 2. The topological polar surface area (TPSA) is 101 Å². The number of para-hydroxylation sites is 2. The number of hydrogen-bond donors (Lipinski definition) is 2. The Balaban J connectivity index is 1.77. The van der Waals surface area contributed by atoms with Crippen molar-refractivity contribution in [3.63, 3.8) is 0 Å². The van der Waals surface area contributed by atoms with Gasteiger partial charge in [-0.15, -0.1) is 0 Å². The lowest BCUT2D eigenvalue weighted by atomic mass is 10.2. The van der Waals surface area contributed by atoms with Crippen LogP contribution in [0.3, 0.4) is 0 Å². The zero-order valence-electron chi connectivity index (χ0n) is 17.8. The summed E-state index contributed by atoms with van der Waals surface area (Å²) in [6.45, 7) is 0.240. The van der Waals surface area contributed by atoms with E-state index in [4.69, 9.17) is 16.3 Å². The van der Waals surface area contributed by atoms with Crippen molar-refractivity contribution in [3.8, 4) is 5.75 Å². The van der Waals surface area contributed by atoms with Gasteiger partial charge in [-0.05, 0) is 42.0 Å². The van der Waals surface area contributed by atoms with Crippen LogP contribution in [0.2, 0.25) is 5.02 Å². The first-order valence-corrected chi connectivity index (χ1v) is 11.4. The molecule has 0 aliphatic rings. The second-order valence-corrected chi connectivity index (χ2v) is 9.11. The van der Waals surface area contributed by atoms with Gasteiger partial charge in [0.05, 0.1) is 17.8 Å². The molecule has 0 radical (unpaired) electrons. The summed E-state index contributed by atoms with van der Waals surface area (Å²) in [7, 11) is 1.15. The monoisotopic (exact) mass is 474 g/mol. The first-order valence-electron chi connectivity index (χ1n) is 9.57. The van der Waals surface area contributed by atoms with Crippen molar-refractivity contribution in [2.24, 2.45) is 0 Å². The van der Waals surface area contributed by atoms with E-state index in [-0.39, 0.29) is 27.7 Å². The average molecular weight is 475 g/mol. The summed E-state index contributed by atoms with van der Waals surface area (Å²) < 4.78 is 33.5. The summed E-state index contributed by atoms with van der Waals surface area (Å²) >= 11 is 6.14. The van der Waals surface area contributed by atoms with Crippen LogP contribution in [-0.2, 0) is 16.6 Å². The van der Waals surface area contributed by atoms with E-state index in [0.717, 1.165) is 11.4 Å². The number of aromatic nitrogens is 1. The summed E-state index contributed by atoms with van der Waals surface area (Å²) in [5.74, 6) is 0.720. The highest BCUT2D eigenvalue weighted by Crippen LogP contribution is 2.29. The molecule has 1 heterocycles. The van der Waals surface area contributed by atoms with Gasteiger partial charge in [0.25, 0.3) is 15.9 Å². The molecule has 2 N–H and O–H groups in total. The largest absolute Gasteiger partial charge is 0.495 e. The fourth-order valence-corrected chi connectivity index (χ4v) is 4.45. The van der Waals surface area contributed by atoms with Crippen molar-refractivity contribution in [1.29, 1.82) is 0 Å². The Morgan fingerprint density at radius 3 is 2.53 bits per heavy atom. The molecule has 2 aromatic carbocycles.